The van der Waals surface area contributed by atoms with Gasteiger partial charge in [0.25, 0.3) is 0 Å². The molecule has 0 aromatic rings. The Hall–Kier alpha value is -0.300. The number of rotatable bonds is 6. The van der Waals surface area contributed by atoms with Crippen LogP contribution in [0, 0.1) is 5.92 Å². The molecule has 70 valence electrons. The zero-order valence-corrected chi connectivity index (χ0v) is 8.05. The van der Waals surface area contributed by atoms with Crippen molar-refractivity contribution in [2.45, 2.75) is 51.6 Å². The van der Waals surface area contributed by atoms with Crippen LogP contribution in [0.4, 0.5) is 0 Å². The molecule has 1 rings (SSSR count). The second kappa shape index (κ2) is 4.66. The first-order valence-electron chi connectivity index (χ1n) is 5.09. The third-order valence-electron chi connectivity index (χ3n) is 2.62. The Labute approximate surface area is 75.5 Å². The lowest BCUT2D eigenvalue weighted by Crippen LogP contribution is -2.06. The number of unbranched alkanes of at least 4 members (excludes halogenated alkanes) is 2. The van der Waals surface area contributed by atoms with Crippen molar-refractivity contribution < 1.29 is 5.11 Å². The summed E-state index contributed by atoms with van der Waals surface area (Å²) in [6, 6.07) is 0. The molecule has 0 spiro atoms. The molecular weight excluding hydrogens is 148 g/mol. The van der Waals surface area contributed by atoms with E-state index in [0.29, 0.717) is 5.92 Å². The molecule has 0 bridgehead atoms. The van der Waals surface area contributed by atoms with E-state index >= 15 is 0 Å². The van der Waals surface area contributed by atoms with Crippen LogP contribution < -0.4 is 0 Å². The van der Waals surface area contributed by atoms with Crippen LogP contribution in [0.2, 0.25) is 0 Å². The van der Waals surface area contributed by atoms with Gasteiger partial charge in [0.2, 0.25) is 0 Å². The van der Waals surface area contributed by atoms with Crippen LogP contribution in [0.5, 0.6) is 0 Å². The maximum Gasteiger partial charge on any atom is 0.0546 e. The van der Waals surface area contributed by atoms with Gasteiger partial charge >= 0.3 is 0 Å². The van der Waals surface area contributed by atoms with Crippen LogP contribution in [0.3, 0.4) is 0 Å². The van der Waals surface area contributed by atoms with Crippen LogP contribution in [0.1, 0.15) is 45.4 Å². The van der Waals surface area contributed by atoms with Crippen molar-refractivity contribution in [3.63, 3.8) is 0 Å². The highest BCUT2D eigenvalue weighted by atomic mass is 16.3. The Kier molecular flexibility index (Phi) is 3.80. The Morgan fingerprint density at radius 1 is 1.58 bits per heavy atom. The van der Waals surface area contributed by atoms with Crippen molar-refractivity contribution in [1.29, 1.82) is 0 Å². The molecule has 1 fully saturated rings. The van der Waals surface area contributed by atoms with Gasteiger partial charge in [0.1, 0.15) is 0 Å². The predicted molar refractivity (Wildman–Crippen MR) is 52.0 cm³/mol. The molecule has 0 heterocycles. The van der Waals surface area contributed by atoms with Crippen LogP contribution in [-0.4, -0.2) is 11.2 Å². The first-order chi connectivity index (χ1) is 5.74. The van der Waals surface area contributed by atoms with Gasteiger partial charge in [-0.1, -0.05) is 38.3 Å². The summed E-state index contributed by atoms with van der Waals surface area (Å²) in [7, 11) is 0. The van der Waals surface area contributed by atoms with E-state index in [1.165, 1.54) is 24.8 Å². The number of aliphatic hydroxyl groups is 1. The normalized spacial score (nSPS) is 24.2. The fourth-order valence-corrected chi connectivity index (χ4v) is 1.58. The molecule has 1 aliphatic rings. The van der Waals surface area contributed by atoms with E-state index in [0.717, 1.165) is 19.3 Å². The summed E-state index contributed by atoms with van der Waals surface area (Å²) >= 11 is 0. The average molecular weight is 168 g/mol. The molecule has 0 aromatic heterocycles. The number of allylic oxidation sites excluding steroid dienone is 1. The van der Waals surface area contributed by atoms with Crippen molar-refractivity contribution in [3.8, 4) is 0 Å². The van der Waals surface area contributed by atoms with Gasteiger partial charge in [0, 0.05) is 0 Å². The summed E-state index contributed by atoms with van der Waals surface area (Å²) in [5.41, 5.74) is 1.34. The van der Waals surface area contributed by atoms with E-state index in [2.05, 4.69) is 13.5 Å². The quantitative estimate of drug-likeness (QED) is 0.477. The monoisotopic (exact) mass is 168 g/mol. The summed E-state index contributed by atoms with van der Waals surface area (Å²) in [4.78, 5) is 0. The minimum atomic E-state index is -0.0687. The third kappa shape index (κ3) is 3.40. The minimum Gasteiger partial charge on any atom is -0.393 e. The van der Waals surface area contributed by atoms with E-state index in [1.54, 1.807) is 0 Å². The molecule has 0 unspecified atom stereocenters. The lowest BCUT2D eigenvalue weighted by atomic mass is 10.1. The minimum absolute atomic E-state index is 0.0687. The van der Waals surface area contributed by atoms with Crippen molar-refractivity contribution in [1.82, 2.24) is 0 Å². The second-order valence-corrected chi connectivity index (χ2v) is 3.94. The smallest absolute Gasteiger partial charge is 0.0546 e. The summed E-state index contributed by atoms with van der Waals surface area (Å²) in [6.45, 7) is 6.08. The molecule has 1 aliphatic carbocycles. The fourth-order valence-electron chi connectivity index (χ4n) is 1.58. The van der Waals surface area contributed by atoms with Crippen molar-refractivity contribution in [2.24, 2.45) is 5.92 Å². The van der Waals surface area contributed by atoms with Crippen molar-refractivity contribution >= 4 is 0 Å². The van der Waals surface area contributed by atoms with Crippen LogP contribution in [0.25, 0.3) is 0 Å². The van der Waals surface area contributed by atoms with Gasteiger partial charge in [-0.25, -0.2) is 0 Å². The first kappa shape index (κ1) is 9.79. The summed E-state index contributed by atoms with van der Waals surface area (Å²) in [5, 5.41) is 9.56. The fraction of sp³-hybridized carbons (Fsp3) is 0.818. The van der Waals surface area contributed by atoms with Gasteiger partial charge in [0.15, 0.2) is 0 Å². The molecule has 1 nitrogen and oxygen atoms in total. The van der Waals surface area contributed by atoms with E-state index < -0.39 is 0 Å². The van der Waals surface area contributed by atoms with Crippen molar-refractivity contribution in [3.05, 3.63) is 12.2 Å². The standard InChI is InChI=1S/C11H20O/c1-3-4-5-6-11(12)8-10-7-9(10)2/h10-12H,2-8H2,1H3/t10-,11+/m0/s1. The van der Waals surface area contributed by atoms with E-state index in [9.17, 15) is 5.11 Å². The molecule has 1 N–H and O–H groups in total. The Morgan fingerprint density at radius 2 is 2.25 bits per heavy atom. The Bertz CT molecular complexity index is 151. The lowest BCUT2D eigenvalue weighted by molar-refractivity contribution is 0.146. The third-order valence-corrected chi connectivity index (χ3v) is 2.62. The van der Waals surface area contributed by atoms with E-state index in [-0.39, 0.29) is 6.10 Å². The van der Waals surface area contributed by atoms with Gasteiger partial charge in [-0.05, 0) is 25.2 Å². The van der Waals surface area contributed by atoms with Crippen LogP contribution in [0.15, 0.2) is 12.2 Å². The second-order valence-electron chi connectivity index (χ2n) is 3.94. The number of hydrogen-bond acceptors (Lipinski definition) is 1. The number of hydrogen-bond donors (Lipinski definition) is 1. The van der Waals surface area contributed by atoms with E-state index in [4.69, 9.17) is 0 Å². The largest absolute Gasteiger partial charge is 0.393 e. The number of aliphatic hydroxyl groups excluding tert-OH is 1. The molecule has 0 aliphatic heterocycles. The lowest BCUT2D eigenvalue weighted by Gasteiger charge is -2.08. The molecular formula is C11H20O. The summed E-state index contributed by atoms with van der Waals surface area (Å²) in [5.74, 6) is 0.654. The average Bonchev–Trinajstić information content (AvgIpc) is 2.67. The van der Waals surface area contributed by atoms with Gasteiger partial charge in [-0.15, -0.1) is 0 Å². The zero-order chi connectivity index (χ0) is 8.97. The highest BCUT2D eigenvalue weighted by molar-refractivity contribution is 5.18. The zero-order valence-electron chi connectivity index (χ0n) is 8.05. The molecule has 0 amide bonds. The SMILES string of the molecule is C=C1C[C@H]1C[C@H](O)CCCCC. The summed E-state index contributed by atoms with van der Waals surface area (Å²) in [6.07, 6.45) is 6.70. The van der Waals surface area contributed by atoms with Gasteiger partial charge in [-0.3, -0.25) is 0 Å². The molecule has 12 heavy (non-hydrogen) atoms. The Morgan fingerprint density at radius 3 is 2.75 bits per heavy atom. The first-order valence-corrected chi connectivity index (χ1v) is 5.09. The van der Waals surface area contributed by atoms with Gasteiger partial charge in [-0.2, -0.15) is 0 Å². The van der Waals surface area contributed by atoms with Crippen LogP contribution in [-0.2, 0) is 0 Å². The summed E-state index contributed by atoms with van der Waals surface area (Å²) < 4.78 is 0. The molecule has 2 atom stereocenters. The van der Waals surface area contributed by atoms with Gasteiger partial charge < -0.3 is 5.11 Å². The topological polar surface area (TPSA) is 20.2 Å². The van der Waals surface area contributed by atoms with Crippen LogP contribution >= 0.6 is 0 Å². The van der Waals surface area contributed by atoms with Crippen molar-refractivity contribution in [2.75, 3.05) is 0 Å². The maximum atomic E-state index is 9.56. The Balaban J connectivity index is 1.96. The molecule has 0 aromatic carbocycles. The molecule has 0 saturated heterocycles. The molecule has 0 radical (unpaired) electrons. The van der Waals surface area contributed by atoms with E-state index in [1.807, 2.05) is 0 Å². The predicted octanol–water partition coefficient (Wildman–Crippen LogP) is 2.89. The van der Waals surface area contributed by atoms with Gasteiger partial charge in [0.05, 0.1) is 6.10 Å². The maximum absolute atomic E-state index is 9.56. The molecule has 1 saturated carbocycles. The highest BCUT2D eigenvalue weighted by Gasteiger charge is 2.28. The molecule has 1 heteroatoms. The highest BCUT2D eigenvalue weighted by Crippen LogP contribution is 2.39.